The Morgan fingerprint density at radius 1 is 1.00 bits per heavy atom. The Labute approximate surface area is 121 Å². The summed E-state index contributed by atoms with van der Waals surface area (Å²) >= 11 is 0. The van der Waals surface area contributed by atoms with Crippen molar-refractivity contribution in [3.63, 3.8) is 0 Å². The molecule has 0 amide bonds. The van der Waals surface area contributed by atoms with Gasteiger partial charge in [0.15, 0.2) is 6.17 Å². The van der Waals surface area contributed by atoms with Gasteiger partial charge in [0.25, 0.3) is 0 Å². The fourth-order valence-corrected chi connectivity index (χ4v) is 2.92. The molecule has 2 unspecified atom stereocenters. The van der Waals surface area contributed by atoms with E-state index in [1.165, 1.54) is 18.2 Å². The Hall–Kier alpha value is -1.71. The van der Waals surface area contributed by atoms with Crippen LogP contribution in [0.3, 0.4) is 0 Å². The van der Waals surface area contributed by atoms with Crippen molar-refractivity contribution in [2.45, 2.75) is 23.0 Å². The van der Waals surface area contributed by atoms with Crippen LogP contribution in [-0.2, 0) is 10.1 Å². The molecule has 0 N–H and O–H groups in total. The molecule has 1 aliphatic carbocycles. The number of benzene rings is 1. The van der Waals surface area contributed by atoms with Crippen molar-refractivity contribution in [1.29, 1.82) is 0 Å². The first kappa shape index (κ1) is 16.7. The summed E-state index contributed by atoms with van der Waals surface area (Å²) in [6.45, 7) is 0. The maximum absolute atomic E-state index is 14.3. The highest BCUT2D eigenvalue weighted by Crippen LogP contribution is 2.53. The lowest BCUT2D eigenvalue weighted by Gasteiger charge is -2.38. The average Bonchev–Trinajstić information content (AvgIpc) is 2.42. The highest BCUT2D eigenvalue weighted by atomic mass is 32.2. The van der Waals surface area contributed by atoms with Gasteiger partial charge in [-0.1, -0.05) is 18.2 Å². The lowest BCUT2D eigenvalue weighted by molar-refractivity contribution is -0.264. The van der Waals surface area contributed by atoms with Crippen LogP contribution in [0.5, 0.6) is 5.75 Å². The third-order valence-corrected chi connectivity index (χ3v) is 4.52. The van der Waals surface area contributed by atoms with Gasteiger partial charge in [-0.25, -0.2) is 8.78 Å². The molecular weight excluding hydrogens is 338 g/mol. The third kappa shape index (κ3) is 2.16. The summed E-state index contributed by atoms with van der Waals surface area (Å²) < 4.78 is 108. The van der Waals surface area contributed by atoms with E-state index in [1.54, 1.807) is 0 Å². The van der Waals surface area contributed by atoms with E-state index in [-0.39, 0.29) is 6.08 Å². The largest absolute Gasteiger partial charge is 0.380 e. The first-order valence-electron chi connectivity index (χ1n) is 5.73. The zero-order valence-electron chi connectivity index (χ0n) is 10.5. The van der Waals surface area contributed by atoms with E-state index >= 15 is 0 Å². The van der Waals surface area contributed by atoms with E-state index in [0.29, 0.717) is 0 Å². The second-order valence-corrected chi connectivity index (χ2v) is 6.12. The molecule has 0 spiro atoms. The summed E-state index contributed by atoms with van der Waals surface area (Å²) in [4.78, 5) is 0. The van der Waals surface area contributed by atoms with Crippen molar-refractivity contribution in [3.8, 4) is 5.75 Å². The zero-order chi connectivity index (χ0) is 16.8. The van der Waals surface area contributed by atoms with Crippen molar-refractivity contribution >= 4 is 10.1 Å². The van der Waals surface area contributed by atoms with Crippen LogP contribution in [0.2, 0.25) is 0 Å². The average molecular weight is 346 g/mol. The molecule has 1 aliphatic rings. The third-order valence-electron chi connectivity index (χ3n) is 2.99. The molecule has 0 fully saturated rings. The van der Waals surface area contributed by atoms with Crippen LogP contribution in [0.4, 0.5) is 26.3 Å². The molecule has 0 bridgehead atoms. The zero-order valence-corrected chi connectivity index (χ0v) is 11.3. The van der Waals surface area contributed by atoms with Gasteiger partial charge >= 0.3 is 27.0 Å². The molecule has 0 saturated carbocycles. The van der Waals surface area contributed by atoms with Crippen molar-refractivity contribution in [2.24, 2.45) is 0 Å². The molecule has 0 heterocycles. The van der Waals surface area contributed by atoms with Gasteiger partial charge in [0, 0.05) is 0 Å². The molecule has 2 rings (SSSR count). The van der Waals surface area contributed by atoms with Crippen molar-refractivity contribution in [3.05, 3.63) is 42.5 Å². The number of para-hydroxylation sites is 1. The number of allylic oxidation sites excluding steroid dienone is 1. The lowest BCUT2D eigenvalue weighted by atomic mass is 9.95. The minimum absolute atomic E-state index is 0.274. The summed E-state index contributed by atoms with van der Waals surface area (Å²) in [5, 5.41) is -4.91. The fraction of sp³-hybridized carbons (Fsp3) is 0.333. The van der Waals surface area contributed by atoms with Gasteiger partial charge in [-0.3, -0.25) is 0 Å². The second kappa shape index (κ2) is 4.90. The van der Waals surface area contributed by atoms with Gasteiger partial charge in [0.2, 0.25) is 0 Å². The monoisotopic (exact) mass is 346 g/mol. The normalized spacial score (nSPS) is 30.0. The van der Waals surface area contributed by atoms with Crippen molar-refractivity contribution < 1.29 is 38.9 Å². The minimum atomic E-state index is -5.89. The Balaban J connectivity index is 2.51. The van der Waals surface area contributed by atoms with Crippen LogP contribution in [0.25, 0.3) is 0 Å². The van der Waals surface area contributed by atoms with Crippen molar-refractivity contribution in [2.75, 3.05) is 0 Å². The lowest BCUT2D eigenvalue weighted by Crippen LogP contribution is -2.65. The highest BCUT2D eigenvalue weighted by Gasteiger charge is 2.79. The molecule has 1 aromatic carbocycles. The second-order valence-electron chi connectivity index (χ2n) is 4.45. The predicted octanol–water partition coefficient (Wildman–Crippen LogP) is 3.24. The van der Waals surface area contributed by atoms with Crippen LogP contribution in [-0.4, -0.2) is 31.4 Å². The number of halogens is 6. The Morgan fingerprint density at radius 3 is 2.09 bits per heavy atom. The van der Waals surface area contributed by atoms with Crippen LogP contribution in [0, 0.1) is 0 Å². The molecule has 2 atom stereocenters. The van der Waals surface area contributed by atoms with E-state index < -0.39 is 45.0 Å². The summed E-state index contributed by atoms with van der Waals surface area (Å²) in [5.74, 6) is -12.0. The number of hydrogen-bond donors (Lipinski definition) is 0. The standard InChI is InChI=1S/C12H8F6O3S/c13-9-6-7-10(14,12(17,18)11(9,15)16)22(19,20)21-8-4-2-1-3-5-8/h1-7,9H. The molecule has 0 radical (unpaired) electrons. The van der Waals surface area contributed by atoms with Gasteiger partial charge in [0.1, 0.15) is 5.75 Å². The summed E-state index contributed by atoms with van der Waals surface area (Å²) in [5.41, 5.74) is 0. The first-order chi connectivity index (χ1) is 9.96. The van der Waals surface area contributed by atoms with E-state index in [0.717, 1.165) is 12.1 Å². The summed E-state index contributed by atoms with van der Waals surface area (Å²) in [6.07, 6.45) is -4.27. The maximum Gasteiger partial charge on any atom is 0.368 e. The topological polar surface area (TPSA) is 43.4 Å². The molecule has 10 heteroatoms. The van der Waals surface area contributed by atoms with Crippen LogP contribution >= 0.6 is 0 Å². The van der Waals surface area contributed by atoms with Gasteiger partial charge in [-0.05, 0) is 24.3 Å². The molecule has 122 valence electrons. The first-order valence-corrected chi connectivity index (χ1v) is 7.13. The Kier molecular flexibility index (Phi) is 3.71. The summed E-state index contributed by atoms with van der Waals surface area (Å²) in [7, 11) is -5.89. The van der Waals surface area contributed by atoms with Gasteiger partial charge in [-0.15, -0.1) is 0 Å². The molecule has 3 nitrogen and oxygen atoms in total. The minimum Gasteiger partial charge on any atom is -0.380 e. The Bertz CT molecular complexity index is 688. The quantitative estimate of drug-likeness (QED) is 0.479. The smallest absolute Gasteiger partial charge is 0.368 e. The number of hydrogen-bond acceptors (Lipinski definition) is 3. The molecular formula is C12H8F6O3S. The van der Waals surface area contributed by atoms with Crippen molar-refractivity contribution in [1.82, 2.24) is 0 Å². The van der Waals surface area contributed by atoms with Gasteiger partial charge in [-0.2, -0.15) is 26.0 Å². The summed E-state index contributed by atoms with van der Waals surface area (Å²) in [6, 6.07) is 5.89. The highest BCUT2D eigenvalue weighted by molar-refractivity contribution is 7.88. The van der Waals surface area contributed by atoms with Crippen LogP contribution in [0.1, 0.15) is 0 Å². The van der Waals surface area contributed by atoms with E-state index in [2.05, 4.69) is 4.18 Å². The molecule has 0 aliphatic heterocycles. The van der Waals surface area contributed by atoms with E-state index in [1.807, 2.05) is 0 Å². The van der Waals surface area contributed by atoms with Gasteiger partial charge < -0.3 is 4.18 Å². The van der Waals surface area contributed by atoms with E-state index in [4.69, 9.17) is 0 Å². The molecule has 22 heavy (non-hydrogen) atoms. The predicted molar refractivity (Wildman–Crippen MR) is 63.8 cm³/mol. The molecule has 0 aromatic heterocycles. The molecule has 1 aromatic rings. The van der Waals surface area contributed by atoms with Crippen LogP contribution < -0.4 is 4.18 Å². The number of alkyl halides is 6. The van der Waals surface area contributed by atoms with Crippen LogP contribution in [0.15, 0.2) is 42.5 Å². The maximum atomic E-state index is 14.3. The fourth-order valence-electron chi connectivity index (χ4n) is 1.74. The van der Waals surface area contributed by atoms with Gasteiger partial charge in [0.05, 0.1) is 0 Å². The SMILES string of the molecule is O=S(=O)(Oc1ccccc1)C1(F)C=CC(F)C(F)(F)C1(F)F. The van der Waals surface area contributed by atoms with E-state index in [9.17, 15) is 34.8 Å². The Morgan fingerprint density at radius 2 is 1.55 bits per heavy atom. The number of rotatable bonds is 3. The molecule has 0 saturated heterocycles.